The lowest BCUT2D eigenvalue weighted by atomic mass is 10.1. The van der Waals surface area contributed by atoms with Crippen molar-refractivity contribution in [3.05, 3.63) is 11.7 Å². The number of aliphatic hydroxyl groups excluding tert-OH is 2. The molecule has 1 heterocycles. The molecular weight excluding hydrogens is 232 g/mol. The number of esters is 2. The molecule has 0 amide bonds. The summed E-state index contributed by atoms with van der Waals surface area (Å²) in [7, 11) is 0. The molecular formula is C10H14O7. The first kappa shape index (κ1) is 13.1. The third kappa shape index (κ3) is 3.86. The molecule has 0 saturated heterocycles. The van der Waals surface area contributed by atoms with Crippen molar-refractivity contribution < 1.29 is 34.0 Å². The molecule has 96 valence electrons. The summed E-state index contributed by atoms with van der Waals surface area (Å²) in [6.07, 6.45) is -1.55. The van der Waals surface area contributed by atoms with Crippen LogP contribution in [0.3, 0.4) is 0 Å². The average molecular weight is 246 g/mol. The van der Waals surface area contributed by atoms with Crippen molar-refractivity contribution >= 4 is 11.9 Å². The summed E-state index contributed by atoms with van der Waals surface area (Å²) in [6, 6.07) is 0. The van der Waals surface area contributed by atoms with Crippen LogP contribution in [-0.2, 0) is 23.8 Å². The van der Waals surface area contributed by atoms with Crippen LogP contribution in [0.2, 0.25) is 0 Å². The second-order valence-corrected chi connectivity index (χ2v) is 3.57. The van der Waals surface area contributed by atoms with Crippen LogP contribution in [0.25, 0.3) is 0 Å². The Balaban J connectivity index is 2.63. The van der Waals surface area contributed by atoms with Gasteiger partial charge in [0.05, 0.1) is 0 Å². The molecule has 0 unspecified atom stereocenters. The maximum atomic E-state index is 10.8. The fourth-order valence-corrected chi connectivity index (χ4v) is 1.37. The lowest BCUT2D eigenvalue weighted by molar-refractivity contribution is -0.157. The number of hydrogen-bond donors (Lipinski definition) is 2. The van der Waals surface area contributed by atoms with Crippen LogP contribution < -0.4 is 0 Å². The number of carbonyl (C=O) groups excluding carboxylic acids is 2. The van der Waals surface area contributed by atoms with E-state index >= 15 is 0 Å². The van der Waals surface area contributed by atoms with E-state index in [0.29, 0.717) is 0 Å². The molecule has 1 rings (SSSR count). The minimum absolute atomic E-state index is 0.0928. The maximum absolute atomic E-state index is 10.8. The standard InChI is InChI=1S/C10H14O7/c1-5(11)15-4-7-3-8(16-6(2)12)9(13)10(14)17-7/h7-8,13-14H,3-4H2,1-2H3/t7-,8-/m0/s1. The highest BCUT2D eigenvalue weighted by molar-refractivity contribution is 5.66. The topological polar surface area (TPSA) is 102 Å². The van der Waals surface area contributed by atoms with Gasteiger partial charge in [0.25, 0.3) is 0 Å². The van der Waals surface area contributed by atoms with Crippen LogP contribution in [0.5, 0.6) is 0 Å². The van der Waals surface area contributed by atoms with Gasteiger partial charge in [-0.15, -0.1) is 0 Å². The minimum atomic E-state index is -0.984. The number of aliphatic hydroxyl groups is 2. The van der Waals surface area contributed by atoms with E-state index in [1.54, 1.807) is 0 Å². The molecule has 0 saturated carbocycles. The zero-order valence-electron chi connectivity index (χ0n) is 9.50. The van der Waals surface area contributed by atoms with Crippen LogP contribution in [0.1, 0.15) is 20.3 Å². The lowest BCUT2D eigenvalue weighted by Crippen LogP contribution is -2.35. The van der Waals surface area contributed by atoms with Crippen LogP contribution in [-0.4, -0.2) is 41.0 Å². The fourth-order valence-electron chi connectivity index (χ4n) is 1.37. The fraction of sp³-hybridized carbons (Fsp3) is 0.600. The molecule has 1 aliphatic heterocycles. The molecule has 7 nitrogen and oxygen atoms in total. The van der Waals surface area contributed by atoms with E-state index in [4.69, 9.17) is 14.2 Å². The van der Waals surface area contributed by atoms with Gasteiger partial charge in [-0.05, 0) is 0 Å². The molecule has 0 radical (unpaired) electrons. The van der Waals surface area contributed by atoms with Crippen molar-refractivity contribution in [2.75, 3.05) is 6.61 Å². The highest BCUT2D eigenvalue weighted by Gasteiger charge is 2.33. The third-order valence-electron chi connectivity index (χ3n) is 2.06. The van der Waals surface area contributed by atoms with Crippen molar-refractivity contribution in [2.45, 2.75) is 32.5 Å². The molecule has 0 fully saturated rings. The molecule has 0 aromatic rings. The van der Waals surface area contributed by atoms with Gasteiger partial charge in [-0.2, -0.15) is 0 Å². The Morgan fingerprint density at radius 3 is 2.53 bits per heavy atom. The summed E-state index contributed by atoms with van der Waals surface area (Å²) >= 11 is 0. The van der Waals surface area contributed by atoms with Gasteiger partial charge in [0.15, 0.2) is 6.10 Å². The Labute approximate surface area is 97.6 Å². The molecule has 0 spiro atoms. The van der Waals surface area contributed by atoms with Gasteiger partial charge in [0.2, 0.25) is 5.76 Å². The largest absolute Gasteiger partial charge is 0.503 e. The minimum Gasteiger partial charge on any atom is -0.503 e. The van der Waals surface area contributed by atoms with Crippen LogP contribution in [0, 0.1) is 0 Å². The summed E-state index contributed by atoms with van der Waals surface area (Å²) in [5.74, 6) is -2.35. The summed E-state index contributed by atoms with van der Waals surface area (Å²) < 4.78 is 14.4. The summed E-state index contributed by atoms with van der Waals surface area (Å²) in [6.45, 7) is 2.32. The van der Waals surface area contributed by atoms with Crippen molar-refractivity contribution in [2.24, 2.45) is 0 Å². The Morgan fingerprint density at radius 1 is 1.35 bits per heavy atom. The number of carbonyl (C=O) groups is 2. The van der Waals surface area contributed by atoms with Crippen molar-refractivity contribution in [3.63, 3.8) is 0 Å². The molecule has 1 aliphatic rings. The normalized spacial score (nSPS) is 23.9. The molecule has 0 aromatic carbocycles. The number of ether oxygens (including phenoxy) is 3. The van der Waals surface area contributed by atoms with Gasteiger partial charge in [0, 0.05) is 20.3 Å². The Bertz CT molecular complexity index is 347. The smallest absolute Gasteiger partial charge is 0.320 e. The lowest BCUT2D eigenvalue weighted by Gasteiger charge is -2.28. The first-order valence-electron chi connectivity index (χ1n) is 4.99. The Morgan fingerprint density at radius 2 is 2.00 bits per heavy atom. The van der Waals surface area contributed by atoms with E-state index in [-0.39, 0.29) is 13.0 Å². The summed E-state index contributed by atoms with van der Waals surface area (Å²) in [5, 5.41) is 18.7. The van der Waals surface area contributed by atoms with Gasteiger partial charge >= 0.3 is 17.9 Å². The molecule has 17 heavy (non-hydrogen) atoms. The van der Waals surface area contributed by atoms with Crippen LogP contribution >= 0.6 is 0 Å². The SMILES string of the molecule is CC(=O)OC[C@@H]1C[C@H](OC(C)=O)C(O)=C(O)O1. The number of hydrogen-bond acceptors (Lipinski definition) is 7. The predicted molar refractivity (Wildman–Crippen MR) is 54.0 cm³/mol. The van der Waals surface area contributed by atoms with Crippen LogP contribution in [0.4, 0.5) is 0 Å². The Hall–Kier alpha value is -1.92. The summed E-state index contributed by atoms with van der Waals surface area (Å²) in [5.41, 5.74) is 0. The van der Waals surface area contributed by atoms with E-state index in [9.17, 15) is 19.8 Å². The average Bonchev–Trinajstić information content (AvgIpc) is 2.21. The molecule has 0 aliphatic carbocycles. The molecule has 0 bridgehead atoms. The van der Waals surface area contributed by atoms with E-state index in [1.165, 1.54) is 13.8 Å². The molecule has 2 atom stereocenters. The molecule has 7 heteroatoms. The Kier molecular flexibility index (Phi) is 4.19. The van der Waals surface area contributed by atoms with Crippen molar-refractivity contribution in [1.29, 1.82) is 0 Å². The van der Waals surface area contributed by atoms with Crippen molar-refractivity contribution in [3.8, 4) is 0 Å². The first-order valence-corrected chi connectivity index (χ1v) is 4.99. The second-order valence-electron chi connectivity index (χ2n) is 3.57. The summed E-state index contributed by atoms with van der Waals surface area (Å²) in [4.78, 5) is 21.4. The highest BCUT2D eigenvalue weighted by atomic mass is 16.6. The van der Waals surface area contributed by atoms with Crippen molar-refractivity contribution in [1.82, 2.24) is 0 Å². The predicted octanol–water partition coefficient (Wildman–Crippen LogP) is 0.555. The third-order valence-corrected chi connectivity index (χ3v) is 2.06. The van der Waals surface area contributed by atoms with Crippen LogP contribution in [0.15, 0.2) is 11.7 Å². The zero-order valence-corrected chi connectivity index (χ0v) is 9.50. The highest BCUT2D eigenvalue weighted by Crippen LogP contribution is 2.23. The quantitative estimate of drug-likeness (QED) is 0.701. The van der Waals surface area contributed by atoms with Gasteiger partial charge in [-0.1, -0.05) is 0 Å². The molecule has 0 aromatic heterocycles. The van der Waals surface area contributed by atoms with Gasteiger partial charge < -0.3 is 24.4 Å². The maximum Gasteiger partial charge on any atom is 0.320 e. The van der Waals surface area contributed by atoms with Gasteiger partial charge in [-0.3, -0.25) is 9.59 Å². The first-order chi connectivity index (χ1) is 7.90. The zero-order chi connectivity index (χ0) is 13.0. The van der Waals surface area contributed by atoms with Gasteiger partial charge in [0.1, 0.15) is 12.7 Å². The second kappa shape index (κ2) is 5.42. The number of rotatable bonds is 3. The van der Waals surface area contributed by atoms with E-state index in [0.717, 1.165) is 0 Å². The molecule has 2 N–H and O–H groups in total. The van der Waals surface area contributed by atoms with E-state index < -0.39 is 35.9 Å². The van der Waals surface area contributed by atoms with E-state index in [1.807, 2.05) is 0 Å². The monoisotopic (exact) mass is 246 g/mol. The van der Waals surface area contributed by atoms with E-state index in [2.05, 4.69) is 0 Å². The van der Waals surface area contributed by atoms with Gasteiger partial charge in [-0.25, -0.2) is 0 Å².